The molecular formula is C30H47B3N2O7. The summed E-state index contributed by atoms with van der Waals surface area (Å²) >= 11 is 0. The van der Waals surface area contributed by atoms with Crippen LogP contribution in [0.5, 0.6) is 0 Å². The molecule has 228 valence electrons. The standard InChI is InChI=1S/C30H47B3N2O7/c1-30(2,3)28(41)14-10-5-4-7-12-24(37)19-35(20-25(38)13-9-6-8-11-23(36)17-31)21-27(40)16-22(29(42)34-33)15-26(39)18-32/h22H,4-21H2,1-3H3,(H,34,42)/t22-/m1/s1. The highest BCUT2D eigenvalue weighted by Gasteiger charge is 2.25. The molecule has 0 spiro atoms. The van der Waals surface area contributed by atoms with Gasteiger partial charge in [-0.1, -0.05) is 40.0 Å². The summed E-state index contributed by atoms with van der Waals surface area (Å²) in [5.74, 6) is -2.53. The Morgan fingerprint density at radius 3 is 1.45 bits per heavy atom. The quantitative estimate of drug-likeness (QED) is 0.122. The first kappa shape index (κ1) is 39.6. The molecule has 0 aliphatic carbocycles. The second-order valence-electron chi connectivity index (χ2n) is 12.0. The second-order valence-corrected chi connectivity index (χ2v) is 12.0. The maximum absolute atomic E-state index is 12.9. The number of amides is 1. The van der Waals surface area contributed by atoms with Gasteiger partial charge in [-0.2, -0.15) is 0 Å². The fourth-order valence-electron chi connectivity index (χ4n) is 4.41. The number of hydrogen-bond donors (Lipinski definition) is 1. The van der Waals surface area contributed by atoms with Gasteiger partial charge in [0.25, 0.3) is 0 Å². The zero-order chi connectivity index (χ0) is 32.1. The van der Waals surface area contributed by atoms with E-state index >= 15 is 0 Å². The summed E-state index contributed by atoms with van der Waals surface area (Å²) in [5, 5.41) is 1.96. The fraction of sp³-hybridized carbons (Fsp3) is 0.767. The van der Waals surface area contributed by atoms with E-state index in [1.165, 1.54) is 4.90 Å². The lowest BCUT2D eigenvalue weighted by atomic mass is 9.88. The van der Waals surface area contributed by atoms with Crippen molar-refractivity contribution in [3.8, 4) is 0 Å². The van der Waals surface area contributed by atoms with Crippen LogP contribution >= 0.6 is 0 Å². The number of nitrogens with zero attached hydrogens (tertiary/aromatic N) is 1. The second kappa shape index (κ2) is 22.2. The Labute approximate surface area is 255 Å². The van der Waals surface area contributed by atoms with Crippen molar-refractivity contribution >= 4 is 64.3 Å². The lowest BCUT2D eigenvalue weighted by molar-refractivity contribution is -0.132. The van der Waals surface area contributed by atoms with Gasteiger partial charge < -0.3 is 14.8 Å². The number of carbonyl (C=O) groups is 7. The van der Waals surface area contributed by atoms with Crippen LogP contribution in [0.4, 0.5) is 0 Å². The Kier molecular flexibility index (Phi) is 21.0. The van der Waals surface area contributed by atoms with Crippen molar-refractivity contribution in [3.63, 3.8) is 0 Å². The minimum atomic E-state index is -0.992. The van der Waals surface area contributed by atoms with Gasteiger partial charge in [-0.25, -0.2) is 0 Å². The third-order valence-corrected chi connectivity index (χ3v) is 6.97. The van der Waals surface area contributed by atoms with Crippen molar-refractivity contribution in [2.75, 3.05) is 19.6 Å². The van der Waals surface area contributed by atoms with Gasteiger partial charge in [0.05, 0.1) is 41.2 Å². The molecule has 1 amide bonds. The Morgan fingerprint density at radius 1 is 0.595 bits per heavy atom. The monoisotopic (exact) mass is 580 g/mol. The Balaban J connectivity index is 5.01. The highest BCUT2D eigenvalue weighted by molar-refractivity contribution is 6.21. The van der Waals surface area contributed by atoms with E-state index in [-0.39, 0.29) is 86.5 Å². The molecule has 0 bridgehead atoms. The van der Waals surface area contributed by atoms with Crippen molar-refractivity contribution in [2.45, 2.75) is 117 Å². The van der Waals surface area contributed by atoms with Crippen LogP contribution < -0.4 is 5.23 Å². The zero-order valence-electron chi connectivity index (χ0n) is 25.8. The molecule has 0 rings (SSSR count). The number of rotatable bonds is 26. The highest BCUT2D eigenvalue weighted by atomic mass is 16.2. The van der Waals surface area contributed by atoms with Crippen LogP contribution in [-0.2, 0) is 33.6 Å². The summed E-state index contributed by atoms with van der Waals surface area (Å²) < 4.78 is 0. The molecule has 0 saturated carbocycles. The normalized spacial score (nSPS) is 12.1. The number of hydrogen-bond acceptors (Lipinski definition) is 8. The molecule has 0 aromatic rings. The van der Waals surface area contributed by atoms with Gasteiger partial charge in [-0.15, -0.1) is 0 Å². The highest BCUT2D eigenvalue weighted by Crippen LogP contribution is 2.19. The van der Waals surface area contributed by atoms with E-state index < -0.39 is 23.4 Å². The lowest BCUT2D eigenvalue weighted by Gasteiger charge is -2.22. The van der Waals surface area contributed by atoms with Gasteiger partial charge in [0.1, 0.15) is 34.7 Å². The number of Topliss-reactive ketones (excluding diaryl/α,β-unsaturated/α-hetero) is 6. The topological polar surface area (TPSA) is 135 Å². The first-order valence-corrected chi connectivity index (χ1v) is 15.0. The summed E-state index contributed by atoms with van der Waals surface area (Å²) in [6, 6.07) is 0. The van der Waals surface area contributed by atoms with Crippen molar-refractivity contribution < 1.29 is 33.6 Å². The molecule has 0 aliphatic rings. The van der Waals surface area contributed by atoms with Crippen LogP contribution in [0.15, 0.2) is 0 Å². The predicted octanol–water partition coefficient (Wildman–Crippen LogP) is 2.81. The minimum absolute atomic E-state index is 0.000995. The number of carbonyl (C=O) groups excluding carboxylic acids is 7. The van der Waals surface area contributed by atoms with Crippen LogP contribution in [0.25, 0.3) is 0 Å². The Hall–Kier alpha value is -2.36. The van der Waals surface area contributed by atoms with Gasteiger partial charge in [-0.3, -0.25) is 28.9 Å². The Bertz CT molecular complexity index is 919. The van der Waals surface area contributed by atoms with Crippen molar-refractivity contribution in [3.05, 3.63) is 0 Å². The molecule has 0 aliphatic heterocycles. The van der Waals surface area contributed by atoms with Crippen molar-refractivity contribution in [1.82, 2.24) is 10.1 Å². The minimum Gasteiger partial charge on any atom is -0.409 e. The van der Waals surface area contributed by atoms with Gasteiger partial charge in [0, 0.05) is 43.9 Å². The summed E-state index contributed by atoms with van der Waals surface area (Å²) in [5.41, 5.74) is -0.355. The molecule has 9 nitrogen and oxygen atoms in total. The summed E-state index contributed by atoms with van der Waals surface area (Å²) in [6.45, 7) is 5.25. The SMILES string of the molecule is [B]CC(=O)CCCCCC(=O)CN(CC(=O)CCCCCCC(=O)C(C)(C)C)CC(=O)C[C@@H](CC(=O)C[B])C(=O)N[B]. The molecule has 42 heavy (non-hydrogen) atoms. The largest absolute Gasteiger partial charge is 0.409 e. The summed E-state index contributed by atoms with van der Waals surface area (Å²) in [7, 11) is 15.9. The molecule has 0 aromatic heterocycles. The molecule has 0 saturated heterocycles. The van der Waals surface area contributed by atoms with Gasteiger partial charge in [-0.05, 0) is 38.3 Å². The third kappa shape index (κ3) is 19.7. The maximum Gasteiger partial charge on any atom is 0.226 e. The first-order chi connectivity index (χ1) is 19.7. The number of unbranched alkanes of at least 4 members (excludes halogenated alkanes) is 5. The molecule has 0 aromatic carbocycles. The van der Waals surface area contributed by atoms with E-state index in [1.54, 1.807) is 0 Å². The average Bonchev–Trinajstić information content (AvgIpc) is 2.92. The Morgan fingerprint density at radius 2 is 1.00 bits per heavy atom. The lowest BCUT2D eigenvalue weighted by Crippen LogP contribution is -2.40. The van der Waals surface area contributed by atoms with Crippen LogP contribution in [0.2, 0.25) is 12.6 Å². The molecule has 6 radical (unpaired) electrons. The van der Waals surface area contributed by atoms with Gasteiger partial charge >= 0.3 is 0 Å². The predicted molar refractivity (Wildman–Crippen MR) is 164 cm³/mol. The maximum atomic E-state index is 12.9. The molecule has 12 heteroatoms. The summed E-state index contributed by atoms with van der Waals surface area (Å²) in [4.78, 5) is 87.0. The fourth-order valence-corrected chi connectivity index (χ4v) is 4.41. The van der Waals surface area contributed by atoms with Crippen LogP contribution in [-0.4, -0.2) is 88.8 Å². The van der Waals surface area contributed by atoms with E-state index in [1.807, 2.05) is 26.0 Å². The van der Waals surface area contributed by atoms with Crippen molar-refractivity contribution in [1.29, 1.82) is 0 Å². The molecule has 1 N–H and O–H groups in total. The number of nitrogens with one attached hydrogen (secondary N) is 1. The smallest absolute Gasteiger partial charge is 0.226 e. The van der Waals surface area contributed by atoms with E-state index in [0.29, 0.717) is 38.5 Å². The third-order valence-electron chi connectivity index (χ3n) is 6.97. The van der Waals surface area contributed by atoms with Gasteiger partial charge in [0.15, 0.2) is 0 Å². The van der Waals surface area contributed by atoms with Gasteiger partial charge in [0.2, 0.25) is 13.9 Å². The molecule has 1 atom stereocenters. The van der Waals surface area contributed by atoms with E-state index in [9.17, 15) is 33.6 Å². The van der Waals surface area contributed by atoms with Crippen molar-refractivity contribution in [2.24, 2.45) is 11.3 Å². The van der Waals surface area contributed by atoms with E-state index in [0.717, 1.165) is 19.3 Å². The van der Waals surface area contributed by atoms with E-state index in [2.05, 4.69) is 0 Å². The zero-order valence-corrected chi connectivity index (χ0v) is 25.8. The van der Waals surface area contributed by atoms with Crippen LogP contribution in [0.1, 0.15) is 104 Å². The van der Waals surface area contributed by atoms with Crippen LogP contribution in [0, 0.1) is 11.3 Å². The molecule has 0 unspecified atom stereocenters. The number of ketones is 6. The molecular weight excluding hydrogens is 533 g/mol. The molecule has 0 heterocycles. The molecule has 0 fully saturated rings. The first-order valence-electron chi connectivity index (χ1n) is 15.0. The average molecular weight is 580 g/mol. The van der Waals surface area contributed by atoms with E-state index in [4.69, 9.17) is 23.7 Å². The van der Waals surface area contributed by atoms with Crippen LogP contribution in [0.3, 0.4) is 0 Å². The summed E-state index contributed by atoms with van der Waals surface area (Å²) in [6.07, 6.45) is 5.54.